The van der Waals surface area contributed by atoms with Crippen molar-refractivity contribution in [3.05, 3.63) is 94.3 Å². The molecular formula is C35H42Cl3N5O4. The number of pyridine rings is 1. The van der Waals surface area contributed by atoms with Gasteiger partial charge in [0.2, 0.25) is 5.91 Å². The minimum Gasteiger partial charge on any atom is -0.497 e. The zero-order valence-electron chi connectivity index (χ0n) is 26.7. The van der Waals surface area contributed by atoms with E-state index in [2.05, 4.69) is 34.7 Å². The van der Waals surface area contributed by atoms with Crippen LogP contribution in [0.4, 0.5) is 11.4 Å². The van der Waals surface area contributed by atoms with E-state index in [9.17, 15) is 9.59 Å². The van der Waals surface area contributed by atoms with Crippen molar-refractivity contribution in [3.63, 3.8) is 0 Å². The van der Waals surface area contributed by atoms with E-state index in [1.807, 2.05) is 55.5 Å². The average molecular weight is 703 g/mol. The maximum absolute atomic E-state index is 12.6. The van der Waals surface area contributed by atoms with Gasteiger partial charge in [0, 0.05) is 46.9 Å². The number of fused-ring (bicyclic) bond motifs is 2. The van der Waals surface area contributed by atoms with Crippen LogP contribution >= 0.6 is 37.2 Å². The number of methoxy groups -OCH3 is 1. The van der Waals surface area contributed by atoms with E-state index in [1.54, 1.807) is 19.2 Å². The SMILES string of the molecule is COc1ccc(-c2cc(NCCCN(C)CCCNC(=O)Cc3c(C)c4ccc(N)cc4oc3=O)c3ccccc3n2)cc1.Cl.Cl.Cl. The number of rotatable bonds is 13. The molecule has 0 spiro atoms. The number of amides is 1. The number of nitrogen functional groups attached to an aromatic ring is 1. The molecule has 0 aliphatic carbocycles. The van der Waals surface area contributed by atoms with E-state index in [4.69, 9.17) is 19.9 Å². The molecule has 4 N–H and O–H groups in total. The molecule has 9 nitrogen and oxygen atoms in total. The predicted molar refractivity (Wildman–Crippen MR) is 199 cm³/mol. The molecule has 0 radical (unpaired) electrons. The maximum atomic E-state index is 12.6. The summed E-state index contributed by atoms with van der Waals surface area (Å²) >= 11 is 0. The van der Waals surface area contributed by atoms with Gasteiger partial charge >= 0.3 is 5.63 Å². The van der Waals surface area contributed by atoms with E-state index in [0.29, 0.717) is 23.4 Å². The lowest BCUT2D eigenvalue weighted by molar-refractivity contribution is -0.120. The lowest BCUT2D eigenvalue weighted by Crippen LogP contribution is -2.31. The standard InChI is InChI=1S/C35H39N5O4.3ClH/c1-23-27-15-12-25(36)20-33(27)44-35(42)29(23)21-34(41)38-17-7-19-40(2)18-6-16-37-32-22-31(24-10-13-26(43-3)14-11-24)39-30-9-5-4-8-28(30)32;;;/h4-5,8-15,20,22H,6-7,16-19,21,36H2,1-3H3,(H,37,39)(H,38,41);3*1H. The number of hydrogen-bond acceptors (Lipinski definition) is 8. The first-order valence-electron chi connectivity index (χ1n) is 14.9. The minimum atomic E-state index is -0.499. The van der Waals surface area contributed by atoms with Gasteiger partial charge in [0.25, 0.3) is 0 Å². The van der Waals surface area contributed by atoms with Crippen molar-refractivity contribution < 1.29 is 13.9 Å². The number of anilines is 2. The van der Waals surface area contributed by atoms with Gasteiger partial charge in [0.15, 0.2) is 0 Å². The summed E-state index contributed by atoms with van der Waals surface area (Å²) in [6.07, 6.45) is 1.75. The molecule has 5 rings (SSSR count). The van der Waals surface area contributed by atoms with Crippen molar-refractivity contribution in [3.8, 4) is 17.0 Å². The van der Waals surface area contributed by atoms with Crippen LogP contribution < -0.4 is 26.7 Å². The van der Waals surface area contributed by atoms with Crippen LogP contribution in [0.3, 0.4) is 0 Å². The average Bonchev–Trinajstić information content (AvgIpc) is 3.03. The van der Waals surface area contributed by atoms with Gasteiger partial charge < -0.3 is 30.4 Å². The summed E-state index contributed by atoms with van der Waals surface area (Å²) in [6.45, 7) is 4.94. The molecular weight excluding hydrogens is 661 g/mol. The summed E-state index contributed by atoms with van der Waals surface area (Å²) in [5, 5.41) is 8.43. The molecule has 0 saturated carbocycles. The first kappa shape index (κ1) is 39.2. The number of aromatic nitrogens is 1. The molecule has 12 heteroatoms. The van der Waals surface area contributed by atoms with Crippen molar-refractivity contribution in [2.24, 2.45) is 0 Å². The topological polar surface area (TPSA) is 123 Å². The molecule has 3 aromatic carbocycles. The molecule has 0 aliphatic heterocycles. The fourth-order valence-electron chi connectivity index (χ4n) is 5.33. The number of carbonyl (C=O) groups excluding carboxylic acids is 1. The number of nitrogens with two attached hydrogens (primary N) is 1. The van der Waals surface area contributed by atoms with Crippen molar-refractivity contribution in [2.75, 3.05) is 51.4 Å². The van der Waals surface area contributed by atoms with Crippen LogP contribution in [-0.2, 0) is 11.2 Å². The van der Waals surface area contributed by atoms with E-state index in [1.165, 1.54) is 0 Å². The number of ether oxygens (including phenoxy) is 1. The molecule has 0 bridgehead atoms. The van der Waals surface area contributed by atoms with Crippen LogP contribution in [0.1, 0.15) is 24.0 Å². The Morgan fingerprint density at radius 2 is 1.64 bits per heavy atom. The molecule has 47 heavy (non-hydrogen) atoms. The molecule has 0 unspecified atom stereocenters. The fourth-order valence-corrected chi connectivity index (χ4v) is 5.33. The van der Waals surface area contributed by atoms with E-state index >= 15 is 0 Å². The summed E-state index contributed by atoms with van der Waals surface area (Å²) in [5.41, 5.74) is 11.3. The van der Waals surface area contributed by atoms with E-state index in [0.717, 1.165) is 77.0 Å². The van der Waals surface area contributed by atoms with Gasteiger partial charge in [0.05, 0.1) is 30.3 Å². The number of nitrogens with zero attached hydrogens (tertiary/aromatic N) is 2. The molecule has 252 valence electrons. The Labute approximate surface area is 293 Å². The van der Waals surface area contributed by atoms with Gasteiger partial charge in [0.1, 0.15) is 11.3 Å². The largest absolute Gasteiger partial charge is 0.497 e. The number of para-hydroxylation sites is 1. The Hall–Kier alpha value is -4.02. The summed E-state index contributed by atoms with van der Waals surface area (Å²) in [6, 6.07) is 23.4. The number of aryl methyl sites for hydroxylation is 1. The minimum absolute atomic E-state index is 0. The summed E-state index contributed by atoms with van der Waals surface area (Å²) in [4.78, 5) is 32.2. The molecule has 2 aromatic heterocycles. The predicted octanol–water partition coefficient (Wildman–Crippen LogP) is 6.66. The van der Waals surface area contributed by atoms with E-state index < -0.39 is 5.63 Å². The number of halogens is 3. The fraction of sp³-hybridized carbons (Fsp3) is 0.286. The molecule has 0 aliphatic rings. The van der Waals surface area contributed by atoms with Gasteiger partial charge in [-0.15, -0.1) is 37.2 Å². The molecule has 0 fully saturated rings. The van der Waals surface area contributed by atoms with Crippen molar-refractivity contribution in [1.82, 2.24) is 15.2 Å². The van der Waals surface area contributed by atoms with Crippen LogP contribution in [0.25, 0.3) is 33.1 Å². The highest BCUT2D eigenvalue weighted by Gasteiger charge is 2.15. The van der Waals surface area contributed by atoms with Crippen LogP contribution in [0, 0.1) is 6.92 Å². The third-order valence-corrected chi connectivity index (χ3v) is 7.82. The number of hydrogen-bond donors (Lipinski definition) is 3. The highest BCUT2D eigenvalue weighted by Crippen LogP contribution is 2.29. The summed E-state index contributed by atoms with van der Waals surface area (Å²) in [7, 11) is 3.75. The molecule has 0 atom stereocenters. The second kappa shape index (κ2) is 18.4. The highest BCUT2D eigenvalue weighted by molar-refractivity contribution is 5.94. The molecule has 0 saturated heterocycles. The van der Waals surface area contributed by atoms with Gasteiger partial charge in [-0.2, -0.15) is 0 Å². The van der Waals surface area contributed by atoms with Gasteiger partial charge in [-0.05, 0) is 94.0 Å². The summed E-state index contributed by atoms with van der Waals surface area (Å²) in [5.74, 6) is 0.622. The van der Waals surface area contributed by atoms with Gasteiger partial charge in [-0.3, -0.25) is 4.79 Å². The lowest BCUT2D eigenvalue weighted by atomic mass is 10.0. The monoisotopic (exact) mass is 701 g/mol. The second-order valence-corrected chi connectivity index (χ2v) is 11.0. The quantitative estimate of drug-likeness (QED) is 0.0708. The normalized spacial score (nSPS) is 10.6. The molecule has 2 heterocycles. The third kappa shape index (κ3) is 9.98. The Morgan fingerprint density at radius 1 is 0.936 bits per heavy atom. The number of nitrogens with one attached hydrogen (secondary N) is 2. The third-order valence-electron chi connectivity index (χ3n) is 7.82. The van der Waals surface area contributed by atoms with Crippen LogP contribution in [-0.4, -0.2) is 56.1 Å². The van der Waals surface area contributed by atoms with Gasteiger partial charge in [-0.25, -0.2) is 9.78 Å². The van der Waals surface area contributed by atoms with Crippen molar-refractivity contribution in [2.45, 2.75) is 26.2 Å². The first-order valence-corrected chi connectivity index (χ1v) is 14.9. The Balaban J connectivity index is 0.00000256. The molecule has 1 amide bonds. The zero-order chi connectivity index (χ0) is 31.1. The Kier molecular flexibility index (Phi) is 15.3. The highest BCUT2D eigenvalue weighted by atomic mass is 35.5. The van der Waals surface area contributed by atoms with E-state index in [-0.39, 0.29) is 49.5 Å². The van der Waals surface area contributed by atoms with Gasteiger partial charge in [-0.1, -0.05) is 18.2 Å². The van der Waals surface area contributed by atoms with Crippen molar-refractivity contribution >= 4 is 76.4 Å². The summed E-state index contributed by atoms with van der Waals surface area (Å²) < 4.78 is 10.7. The van der Waals surface area contributed by atoms with Crippen molar-refractivity contribution in [1.29, 1.82) is 0 Å². The number of benzene rings is 3. The maximum Gasteiger partial charge on any atom is 0.340 e. The second-order valence-electron chi connectivity index (χ2n) is 11.0. The Bertz CT molecular complexity index is 1830. The van der Waals surface area contributed by atoms with Crippen LogP contribution in [0.5, 0.6) is 5.75 Å². The lowest BCUT2D eigenvalue weighted by Gasteiger charge is -2.18. The molecule has 5 aromatic rings. The smallest absolute Gasteiger partial charge is 0.340 e. The van der Waals surface area contributed by atoms with Crippen LogP contribution in [0.15, 0.2) is 82.0 Å². The van der Waals surface area contributed by atoms with Crippen LogP contribution in [0.2, 0.25) is 0 Å². The number of carbonyl (C=O) groups is 1. The first-order chi connectivity index (χ1) is 21.3. The zero-order valence-corrected chi connectivity index (χ0v) is 29.2. The Morgan fingerprint density at radius 3 is 2.36 bits per heavy atom.